The van der Waals surface area contributed by atoms with Crippen LogP contribution in [-0.4, -0.2) is 41.9 Å². The van der Waals surface area contributed by atoms with Crippen molar-refractivity contribution in [2.75, 3.05) is 26.2 Å². The molecule has 0 radical (unpaired) electrons. The third kappa shape index (κ3) is 6.02. The minimum atomic E-state index is -0.292. The van der Waals surface area contributed by atoms with Gasteiger partial charge in [-0.3, -0.25) is 9.69 Å². The fourth-order valence-electron chi connectivity index (χ4n) is 4.08. The van der Waals surface area contributed by atoms with E-state index in [0.29, 0.717) is 26.2 Å². The quantitative estimate of drug-likeness (QED) is 0.372. The number of amides is 1. The lowest BCUT2D eigenvalue weighted by Gasteiger charge is -2.39. The van der Waals surface area contributed by atoms with Crippen molar-refractivity contribution in [1.82, 2.24) is 9.80 Å². The Balaban J connectivity index is 1.41. The molecule has 0 aliphatic carbocycles. The van der Waals surface area contributed by atoms with Gasteiger partial charge in [0.2, 0.25) is 5.91 Å². The van der Waals surface area contributed by atoms with Gasteiger partial charge in [-0.25, -0.2) is 8.78 Å². The van der Waals surface area contributed by atoms with Crippen molar-refractivity contribution in [1.29, 1.82) is 0 Å². The molecule has 3 nitrogen and oxygen atoms in total. The van der Waals surface area contributed by atoms with E-state index in [9.17, 15) is 13.6 Å². The zero-order valence-corrected chi connectivity index (χ0v) is 18.3. The zero-order valence-electron chi connectivity index (χ0n) is 18.3. The van der Waals surface area contributed by atoms with E-state index in [-0.39, 0.29) is 23.6 Å². The molecule has 0 bridgehead atoms. The number of carbonyl (C=O) groups excluding carboxylic acids is 1. The van der Waals surface area contributed by atoms with Gasteiger partial charge in [-0.15, -0.1) is 0 Å². The Bertz CT molecular complexity index is 1060. The van der Waals surface area contributed by atoms with Crippen LogP contribution in [0.15, 0.2) is 97.1 Å². The van der Waals surface area contributed by atoms with Crippen molar-refractivity contribution < 1.29 is 13.6 Å². The van der Waals surface area contributed by atoms with Gasteiger partial charge in [0.25, 0.3) is 0 Å². The standard InChI is InChI=1S/C28H26F2N2O/c29-25-14-10-23(11-15-25)28(24-12-16-26(30)17-13-24)32-20-18-31(19-21-32)27(33)9-5-4-8-22-6-2-1-3-7-22/h1-17,28H,18-21H2. The molecule has 1 aliphatic rings. The van der Waals surface area contributed by atoms with Gasteiger partial charge in [0.15, 0.2) is 0 Å². The molecule has 0 aromatic heterocycles. The number of carbonyl (C=O) groups is 1. The van der Waals surface area contributed by atoms with Crippen molar-refractivity contribution in [3.8, 4) is 0 Å². The predicted octanol–water partition coefficient (Wildman–Crippen LogP) is 5.47. The maximum absolute atomic E-state index is 13.5. The van der Waals surface area contributed by atoms with Gasteiger partial charge in [-0.2, -0.15) is 0 Å². The highest BCUT2D eigenvalue weighted by Gasteiger charge is 2.27. The first-order valence-electron chi connectivity index (χ1n) is 11.0. The topological polar surface area (TPSA) is 23.6 Å². The summed E-state index contributed by atoms with van der Waals surface area (Å²) in [5.74, 6) is -0.604. The van der Waals surface area contributed by atoms with E-state index in [1.807, 2.05) is 47.4 Å². The van der Waals surface area contributed by atoms with Crippen LogP contribution in [0.4, 0.5) is 8.78 Å². The Hall–Kier alpha value is -3.57. The molecule has 4 rings (SSSR count). The number of benzene rings is 3. The van der Waals surface area contributed by atoms with Gasteiger partial charge < -0.3 is 4.90 Å². The molecule has 3 aromatic carbocycles. The zero-order chi connectivity index (χ0) is 23.0. The van der Waals surface area contributed by atoms with Crippen molar-refractivity contribution in [2.45, 2.75) is 6.04 Å². The molecule has 1 aliphatic heterocycles. The molecular weight excluding hydrogens is 418 g/mol. The molecule has 1 amide bonds. The second-order valence-electron chi connectivity index (χ2n) is 8.00. The van der Waals surface area contributed by atoms with Gasteiger partial charge in [0, 0.05) is 32.3 Å². The van der Waals surface area contributed by atoms with E-state index in [0.717, 1.165) is 16.7 Å². The summed E-state index contributed by atoms with van der Waals surface area (Å²) in [5, 5.41) is 0. The molecular formula is C28H26F2N2O. The average molecular weight is 445 g/mol. The lowest BCUT2D eigenvalue weighted by atomic mass is 9.96. The monoisotopic (exact) mass is 444 g/mol. The van der Waals surface area contributed by atoms with E-state index in [4.69, 9.17) is 0 Å². The summed E-state index contributed by atoms with van der Waals surface area (Å²) in [5.41, 5.74) is 2.96. The number of halogens is 2. The summed E-state index contributed by atoms with van der Waals surface area (Å²) in [6.07, 6.45) is 7.17. The van der Waals surface area contributed by atoms with Crippen LogP contribution in [0.3, 0.4) is 0 Å². The molecule has 0 saturated carbocycles. The Morgan fingerprint density at radius 2 is 1.27 bits per heavy atom. The molecule has 168 valence electrons. The molecule has 1 heterocycles. The minimum Gasteiger partial charge on any atom is -0.337 e. The summed E-state index contributed by atoms with van der Waals surface area (Å²) in [4.78, 5) is 16.7. The molecule has 0 unspecified atom stereocenters. The number of allylic oxidation sites excluding steroid dienone is 2. The van der Waals surface area contributed by atoms with Crippen LogP contribution in [0.1, 0.15) is 22.7 Å². The third-order valence-electron chi connectivity index (χ3n) is 5.80. The van der Waals surface area contributed by atoms with Crippen LogP contribution in [0.25, 0.3) is 6.08 Å². The van der Waals surface area contributed by atoms with Gasteiger partial charge in [0.05, 0.1) is 6.04 Å². The SMILES string of the molecule is O=C(C=CC=Cc1ccccc1)N1CCN(C(c2ccc(F)cc2)c2ccc(F)cc2)CC1. The fraction of sp³-hybridized carbons (Fsp3) is 0.179. The molecule has 33 heavy (non-hydrogen) atoms. The molecule has 1 saturated heterocycles. The summed E-state index contributed by atoms with van der Waals surface area (Å²) in [6.45, 7) is 2.51. The molecule has 0 spiro atoms. The second-order valence-corrected chi connectivity index (χ2v) is 8.00. The van der Waals surface area contributed by atoms with Gasteiger partial charge in [-0.1, -0.05) is 72.8 Å². The predicted molar refractivity (Wildman–Crippen MR) is 127 cm³/mol. The Morgan fingerprint density at radius 3 is 1.82 bits per heavy atom. The smallest absolute Gasteiger partial charge is 0.246 e. The Kier molecular flexibility index (Phi) is 7.43. The number of nitrogens with zero attached hydrogens (tertiary/aromatic N) is 2. The molecule has 3 aromatic rings. The van der Waals surface area contributed by atoms with E-state index in [1.54, 1.807) is 36.4 Å². The summed E-state index contributed by atoms with van der Waals surface area (Å²) in [6, 6.07) is 22.6. The van der Waals surface area contributed by atoms with E-state index in [1.165, 1.54) is 24.3 Å². The maximum Gasteiger partial charge on any atom is 0.246 e. The normalized spacial score (nSPS) is 15.1. The first-order valence-corrected chi connectivity index (χ1v) is 11.0. The van der Waals surface area contributed by atoms with Crippen LogP contribution in [-0.2, 0) is 4.79 Å². The first-order chi connectivity index (χ1) is 16.1. The largest absolute Gasteiger partial charge is 0.337 e. The van der Waals surface area contributed by atoms with E-state index in [2.05, 4.69) is 4.90 Å². The molecule has 0 atom stereocenters. The maximum atomic E-state index is 13.5. The molecule has 5 heteroatoms. The average Bonchev–Trinajstić information content (AvgIpc) is 2.85. The first kappa shape index (κ1) is 22.6. The molecule has 0 N–H and O–H groups in total. The number of piperazine rings is 1. The van der Waals surface area contributed by atoms with Crippen LogP contribution < -0.4 is 0 Å². The van der Waals surface area contributed by atoms with Gasteiger partial charge in [0.1, 0.15) is 11.6 Å². The van der Waals surface area contributed by atoms with E-state index < -0.39 is 0 Å². The second kappa shape index (κ2) is 10.8. The van der Waals surface area contributed by atoms with Crippen LogP contribution in [0, 0.1) is 11.6 Å². The van der Waals surface area contributed by atoms with Crippen LogP contribution in [0.5, 0.6) is 0 Å². The highest BCUT2D eigenvalue weighted by molar-refractivity contribution is 5.88. The van der Waals surface area contributed by atoms with Gasteiger partial charge >= 0.3 is 0 Å². The van der Waals surface area contributed by atoms with Gasteiger partial charge in [-0.05, 0) is 41.0 Å². The highest BCUT2D eigenvalue weighted by Crippen LogP contribution is 2.30. The van der Waals surface area contributed by atoms with Crippen molar-refractivity contribution in [2.24, 2.45) is 0 Å². The number of hydrogen-bond acceptors (Lipinski definition) is 2. The van der Waals surface area contributed by atoms with Crippen molar-refractivity contribution >= 4 is 12.0 Å². The summed E-state index contributed by atoms with van der Waals surface area (Å²) in [7, 11) is 0. The third-order valence-corrected chi connectivity index (χ3v) is 5.80. The fourth-order valence-corrected chi connectivity index (χ4v) is 4.08. The van der Waals surface area contributed by atoms with Crippen molar-refractivity contribution in [3.63, 3.8) is 0 Å². The Morgan fingerprint density at radius 1 is 0.727 bits per heavy atom. The molecule has 1 fully saturated rings. The minimum absolute atomic E-state index is 0.0209. The lowest BCUT2D eigenvalue weighted by Crippen LogP contribution is -2.49. The highest BCUT2D eigenvalue weighted by atomic mass is 19.1. The number of hydrogen-bond donors (Lipinski definition) is 0. The van der Waals surface area contributed by atoms with Crippen LogP contribution >= 0.6 is 0 Å². The lowest BCUT2D eigenvalue weighted by molar-refractivity contribution is -0.127. The van der Waals surface area contributed by atoms with Crippen molar-refractivity contribution in [3.05, 3.63) is 125 Å². The Labute approximate surface area is 193 Å². The van der Waals surface area contributed by atoms with Crippen LogP contribution in [0.2, 0.25) is 0 Å². The summed E-state index contributed by atoms with van der Waals surface area (Å²) < 4.78 is 27.0. The van der Waals surface area contributed by atoms with E-state index >= 15 is 0 Å². The number of rotatable bonds is 6. The summed E-state index contributed by atoms with van der Waals surface area (Å²) >= 11 is 0.